The molecule has 0 unspecified atom stereocenters. The molecule has 0 amide bonds. The molecule has 0 aromatic carbocycles. The Kier molecular flexibility index (Phi) is 2.29. The van der Waals surface area contributed by atoms with Gasteiger partial charge in [0, 0.05) is 19.3 Å². The molecule has 0 atom stereocenters. The van der Waals surface area contributed by atoms with Crippen LogP contribution in [-0.4, -0.2) is 29.1 Å². The summed E-state index contributed by atoms with van der Waals surface area (Å²) in [5, 5.41) is 9.25. The summed E-state index contributed by atoms with van der Waals surface area (Å²) in [5.74, 6) is -0.368. The molecule has 0 bridgehead atoms. The second-order valence-electron chi connectivity index (χ2n) is 3.25. The highest BCUT2D eigenvalue weighted by atomic mass is 35.5. The van der Waals surface area contributed by atoms with Crippen LogP contribution in [0.4, 0.5) is 5.82 Å². The molecule has 2 heterocycles. The Morgan fingerprint density at radius 1 is 1.64 bits per heavy atom. The summed E-state index contributed by atoms with van der Waals surface area (Å²) in [6.07, 6.45) is 1.65. The van der Waals surface area contributed by atoms with Gasteiger partial charge in [-0.1, -0.05) is 11.6 Å². The fourth-order valence-corrected chi connectivity index (χ4v) is 1.66. The fourth-order valence-electron chi connectivity index (χ4n) is 1.42. The second kappa shape index (κ2) is 3.46. The molecule has 14 heavy (non-hydrogen) atoms. The maximum atomic E-state index is 10.6. The monoisotopic (exact) mass is 212 g/mol. The molecule has 74 valence electrons. The van der Waals surface area contributed by atoms with E-state index in [1.165, 1.54) is 0 Å². The van der Waals surface area contributed by atoms with Crippen molar-refractivity contribution in [1.82, 2.24) is 4.98 Å². The fraction of sp³-hybridized carbons (Fsp3) is 0.333. The summed E-state index contributed by atoms with van der Waals surface area (Å²) >= 11 is 5.91. The summed E-state index contributed by atoms with van der Waals surface area (Å²) in [6.45, 7) is 0.984. The number of carboxylic acids is 1. The van der Waals surface area contributed by atoms with Crippen LogP contribution in [0.1, 0.15) is 0 Å². The van der Waals surface area contributed by atoms with Gasteiger partial charge in [0.2, 0.25) is 0 Å². The third-order valence-electron chi connectivity index (χ3n) is 2.27. The number of aromatic nitrogens is 1. The van der Waals surface area contributed by atoms with Gasteiger partial charge in [0.05, 0.1) is 10.9 Å². The maximum absolute atomic E-state index is 10.6. The van der Waals surface area contributed by atoms with Crippen molar-refractivity contribution in [3.8, 4) is 0 Å². The van der Waals surface area contributed by atoms with Crippen molar-refractivity contribution in [3.63, 3.8) is 0 Å². The van der Waals surface area contributed by atoms with Gasteiger partial charge in [-0.2, -0.15) is 0 Å². The summed E-state index contributed by atoms with van der Waals surface area (Å²) < 4.78 is 0. The highest BCUT2D eigenvalue weighted by molar-refractivity contribution is 6.32. The van der Waals surface area contributed by atoms with Gasteiger partial charge in [0.15, 0.2) is 0 Å². The van der Waals surface area contributed by atoms with Crippen LogP contribution in [0.3, 0.4) is 0 Å². The zero-order valence-electron chi connectivity index (χ0n) is 7.35. The molecule has 1 aromatic heterocycles. The molecule has 0 saturated carbocycles. The van der Waals surface area contributed by atoms with Crippen molar-refractivity contribution in [3.05, 3.63) is 23.4 Å². The van der Waals surface area contributed by atoms with E-state index in [9.17, 15) is 4.79 Å². The van der Waals surface area contributed by atoms with Gasteiger partial charge in [-0.15, -0.1) is 0 Å². The van der Waals surface area contributed by atoms with E-state index in [2.05, 4.69) is 4.98 Å². The Bertz CT molecular complexity index is 364. The van der Waals surface area contributed by atoms with E-state index < -0.39 is 5.97 Å². The summed E-state index contributed by atoms with van der Waals surface area (Å²) in [4.78, 5) is 16.5. The third kappa shape index (κ3) is 1.53. The van der Waals surface area contributed by atoms with Crippen molar-refractivity contribution in [2.75, 3.05) is 18.0 Å². The van der Waals surface area contributed by atoms with E-state index in [1.54, 1.807) is 18.3 Å². The largest absolute Gasteiger partial charge is 0.481 e. The lowest BCUT2D eigenvalue weighted by atomic mass is 10.0. The highest BCUT2D eigenvalue weighted by Crippen LogP contribution is 2.28. The topological polar surface area (TPSA) is 53.4 Å². The summed E-state index contributed by atoms with van der Waals surface area (Å²) in [5.41, 5.74) is 0. The van der Waals surface area contributed by atoms with E-state index in [1.807, 2.05) is 4.90 Å². The number of hydrogen-bond donors (Lipinski definition) is 1. The molecule has 1 fully saturated rings. The Morgan fingerprint density at radius 2 is 2.36 bits per heavy atom. The average molecular weight is 213 g/mol. The quantitative estimate of drug-likeness (QED) is 0.802. The minimum absolute atomic E-state index is 0.284. The van der Waals surface area contributed by atoms with E-state index in [-0.39, 0.29) is 5.92 Å². The average Bonchev–Trinajstić information content (AvgIpc) is 2.05. The molecular formula is C9H9ClN2O2. The van der Waals surface area contributed by atoms with Crippen LogP contribution in [0, 0.1) is 5.92 Å². The number of hydrogen-bond acceptors (Lipinski definition) is 3. The minimum atomic E-state index is -0.756. The zero-order valence-corrected chi connectivity index (χ0v) is 8.11. The first-order valence-electron chi connectivity index (χ1n) is 4.27. The second-order valence-corrected chi connectivity index (χ2v) is 3.66. The van der Waals surface area contributed by atoms with Crippen LogP contribution in [0.2, 0.25) is 5.02 Å². The van der Waals surface area contributed by atoms with Crippen molar-refractivity contribution < 1.29 is 9.90 Å². The SMILES string of the molecule is O=C(O)C1CN(c2ncccc2Cl)C1. The Labute approximate surface area is 86.1 Å². The van der Waals surface area contributed by atoms with Gasteiger partial charge in [-0.05, 0) is 12.1 Å². The number of rotatable bonds is 2. The van der Waals surface area contributed by atoms with Gasteiger partial charge >= 0.3 is 5.97 Å². The number of carboxylic acid groups (broad SMARTS) is 1. The number of nitrogens with zero attached hydrogens (tertiary/aromatic N) is 2. The highest BCUT2D eigenvalue weighted by Gasteiger charge is 2.34. The number of halogens is 1. The predicted molar refractivity (Wildman–Crippen MR) is 52.6 cm³/mol. The summed E-state index contributed by atoms with van der Waals surface area (Å²) in [7, 11) is 0. The minimum Gasteiger partial charge on any atom is -0.481 e. The Balaban J connectivity index is 2.07. The lowest BCUT2D eigenvalue weighted by molar-refractivity contribution is -0.142. The smallest absolute Gasteiger partial charge is 0.310 e. The predicted octanol–water partition coefficient (Wildman–Crippen LogP) is 1.26. The van der Waals surface area contributed by atoms with Gasteiger partial charge in [-0.3, -0.25) is 4.79 Å². The molecule has 1 N–H and O–H groups in total. The van der Waals surface area contributed by atoms with Crippen LogP contribution >= 0.6 is 11.6 Å². The zero-order chi connectivity index (χ0) is 10.1. The Morgan fingerprint density at radius 3 is 2.93 bits per heavy atom. The van der Waals surface area contributed by atoms with Crippen LogP contribution in [0.5, 0.6) is 0 Å². The van der Waals surface area contributed by atoms with E-state index >= 15 is 0 Å². The molecule has 1 saturated heterocycles. The summed E-state index contributed by atoms with van der Waals surface area (Å²) in [6, 6.07) is 3.50. The van der Waals surface area contributed by atoms with E-state index in [0.29, 0.717) is 23.9 Å². The first-order valence-corrected chi connectivity index (χ1v) is 4.64. The normalized spacial score (nSPS) is 16.5. The lowest BCUT2D eigenvalue weighted by Crippen LogP contribution is -2.50. The van der Waals surface area contributed by atoms with Crippen LogP contribution in [-0.2, 0) is 4.79 Å². The first-order chi connectivity index (χ1) is 6.68. The van der Waals surface area contributed by atoms with Crippen molar-refractivity contribution >= 4 is 23.4 Å². The van der Waals surface area contributed by atoms with Gasteiger partial charge in [-0.25, -0.2) is 4.98 Å². The van der Waals surface area contributed by atoms with Crippen molar-refractivity contribution in [2.24, 2.45) is 5.92 Å². The van der Waals surface area contributed by atoms with Crippen molar-refractivity contribution in [2.45, 2.75) is 0 Å². The molecule has 0 aliphatic carbocycles. The number of aliphatic carboxylic acids is 1. The number of anilines is 1. The van der Waals surface area contributed by atoms with Crippen LogP contribution in [0.15, 0.2) is 18.3 Å². The molecule has 0 spiro atoms. The Hall–Kier alpha value is -1.29. The molecule has 1 aromatic rings. The molecule has 1 aliphatic rings. The van der Waals surface area contributed by atoms with Crippen molar-refractivity contribution in [1.29, 1.82) is 0 Å². The van der Waals surface area contributed by atoms with E-state index in [4.69, 9.17) is 16.7 Å². The molecule has 0 radical (unpaired) electrons. The third-order valence-corrected chi connectivity index (χ3v) is 2.56. The van der Waals surface area contributed by atoms with Gasteiger partial charge in [0.1, 0.15) is 5.82 Å². The van der Waals surface area contributed by atoms with E-state index in [0.717, 1.165) is 0 Å². The molecule has 4 nitrogen and oxygen atoms in total. The molecule has 2 rings (SSSR count). The standard InChI is InChI=1S/C9H9ClN2O2/c10-7-2-1-3-11-8(7)12-4-6(5-12)9(13)14/h1-3,6H,4-5H2,(H,13,14). The van der Waals surface area contributed by atoms with Gasteiger partial charge < -0.3 is 10.0 Å². The molecule has 5 heteroatoms. The lowest BCUT2D eigenvalue weighted by Gasteiger charge is -2.37. The maximum Gasteiger partial charge on any atom is 0.310 e. The molecule has 1 aliphatic heterocycles. The first kappa shape index (κ1) is 9.27. The van der Waals surface area contributed by atoms with Gasteiger partial charge in [0.25, 0.3) is 0 Å². The molecular weight excluding hydrogens is 204 g/mol. The van der Waals surface area contributed by atoms with Crippen LogP contribution in [0.25, 0.3) is 0 Å². The van der Waals surface area contributed by atoms with Crippen LogP contribution < -0.4 is 4.90 Å². The number of carbonyl (C=O) groups is 1. The number of pyridine rings is 1.